The average Bonchev–Trinajstić information content (AvgIpc) is 3.11. The van der Waals surface area contributed by atoms with E-state index in [1.807, 2.05) is 42.5 Å². The molecular formula is C18H18ClNO4S. The largest absolute Gasteiger partial charge is 0.497 e. The van der Waals surface area contributed by atoms with Gasteiger partial charge in [-0.3, -0.25) is 10.1 Å². The topological polar surface area (TPSA) is 67.8 Å². The smallest absolute Gasteiger partial charge is 0.321 e. The molecular weight excluding hydrogens is 362 g/mol. The number of carbonyl (C=O) groups is 1. The standard InChI is InChI=1S/C18H18ClNO4S/c1-23-12-6-7-13(17-20-15(10-25-17)18(21)22)16(8-12)24-9-11-4-2-3-5-14(11)19/h2-8,15,17,20H,9-10H2,1H3,(H,21,22). The van der Waals surface area contributed by atoms with Crippen LogP contribution in [0.1, 0.15) is 16.5 Å². The summed E-state index contributed by atoms with van der Waals surface area (Å²) in [5, 5.41) is 12.8. The van der Waals surface area contributed by atoms with E-state index in [2.05, 4.69) is 5.32 Å². The van der Waals surface area contributed by atoms with E-state index in [4.69, 9.17) is 21.1 Å². The van der Waals surface area contributed by atoms with Gasteiger partial charge in [-0.15, -0.1) is 11.8 Å². The molecule has 132 valence electrons. The fourth-order valence-electron chi connectivity index (χ4n) is 2.55. The molecule has 0 spiro atoms. The van der Waals surface area contributed by atoms with Gasteiger partial charge in [-0.25, -0.2) is 0 Å². The summed E-state index contributed by atoms with van der Waals surface area (Å²) in [6, 6.07) is 12.5. The van der Waals surface area contributed by atoms with E-state index in [0.29, 0.717) is 28.9 Å². The van der Waals surface area contributed by atoms with Crippen LogP contribution in [-0.4, -0.2) is 30.0 Å². The van der Waals surface area contributed by atoms with Crippen LogP contribution in [0.3, 0.4) is 0 Å². The third-order valence-corrected chi connectivity index (χ3v) is 5.54. The van der Waals surface area contributed by atoms with Gasteiger partial charge in [0.2, 0.25) is 0 Å². The van der Waals surface area contributed by atoms with E-state index in [-0.39, 0.29) is 5.37 Å². The van der Waals surface area contributed by atoms with Crippen molar-refractivity contribution in [3.63, 3.8) is 0 Å². The molecule has 0 radical (unpaired) electrons. The summed E-state index contributed by atoms with van der Waals surface area (Å²) >= 11 is 7.73. The maximum Gasteiger partial charge on any atom is 0.321 e. The molecule has 2 aromatic rings. The Labute approximate surface area is 155 Å². The Balaban J connectivity index is 1.81. The lowest BCUT2D eigenvalue weighted by Gasteiger charge is -2.18. The molecule has 7 heteroatoms. The molecule has 1 heterocycles. The Kier molecular flexibility index (Phi) is 5.73. The van der Waals surface area contributed by atoms with Crippen LogP contribution in [0, 0.1) is 0 Å². The lowest BCUT2D eigenvalue weighted by molar-refractivity contribution is -0.138. The first-order valence-corrected chi connectivity index (χ1v) is 9.15. The summed E-state index contributed by atoms with van der Waals surface area (Å²) in [5.74, 6) is 0.990. The first-order chi connectivity index (χ1) is 12.1. The minimum Gasteiger partial charge on any atom is -0.497 e. The minimum atomic E-state index is -0.845. The molecule has 25 heavy (non-hydrogen) atoms. The van der Waals surface area contributed by atoms with Gasteiger partial charge in [-0.1, -0.05) is 29.8 Å². The van der Waals surface area contributed by atoms with Crippen LogP contribution in [0.2, 0.25) is 5.02 Å². The summed E-state index contributed by atoms with van der Waals surface area (Å²) in [7, 11) is 1.59. The number of aliphatic carboxylic acids is 1. The number of halogens is 1. The lowest BCUT2D eigenvalue weighted by atomic mass is 10.1. The monoisotopic (exact) mass is 379 g/mol. The van der Waals surface area contributed by atoms with E-state index in [1.54, 1.807) is 18.9 Å². The van der Waals surface area contributed by atoms with E-state index < -0.39 is 12.0 Å². The van der Waals surface area contributed by atoms with Gasteiger partial charge in [0.1, 0.15) is 24.1 Å². The van der Waals surface area contributed by atoms with E-state index in [9.17, 15) is 9.90 Å². The highest BCUT2D eigenvalue weighted by molar-refractivity contribution is 7.99. The number of carboxylic acid groups (broad SMARTS) is 1. The van der Waals surface area contributed by atoms with Gasteiger partial charge in [-0.05, 0) is 18.2 Å². The highest BCUT2D eigenvalue weighted by Gasteiger charge is 2.32. The molecule has 2 unspecified atom stereocenters. The number of methoxy groups -OCH3 is 1. The molecule has 0 bridgehead atoms. The molecule has 0 aromatic heterocycles. The van der Waals surface area contributed by atoms with Crippen molar-refractivity contribution in [3.05, 3.63) is 58.6 Å². The van der Waals surface area contributed by atoms with Crippen LogP contribution in [-0.2, 0) is 11.4 Å². The number of hydrogen-bond donors (Lipinski definition) is 2. The van der Waals surface area contributed by atoms with Crippen molar-refractivity contribution in [3.8, 4) is 11.5 Å². The number of rotatable bonds is 6. The van der Waals surface area contributed by atoms with Gasteiger partial charge in [0, 0.05) is 28.0 Å². The third-order valence-electron chi connectivity index (χ3n) is 3.92. The van der Waals surface area contributed by atoms with Crippen molar-refractivity contribution >= 4 is 29.3 Å². The fourth-order valence-corrected chi connectivity index (χ4v) is 4.00. The summed E-state index contributed by atoms with van der Waals surface area (Å²) in [4.78, 5) is 11.2. The number of nitrogens with one attached hydrogen (secondary N) is 1. The van der Waals surface area contributed by atoms with Gasteiger partial charge < -0.3 is 14.6 Å². The van der Waals surface area contributed by atoms with Gasteiger partial charge >= 0.3 is 5.97 Å². The van der Waals surface area contributed by atoms with E-state index in [0.717, 1.165) is 11.1 Å². The maximum absolute atomic E-state index is 11.2. The average molecular weight is 380 g/mol. The molecule has 1 fully saturated rings. The van der Waals surface area contributed by atoms with Crippen molar-refractivity contribution in [2.24, 2.45) is 0 Å². The molecule has 0 saturated carbocycles. The molecule has 1 aliphatic rings. The predicted octanol–water partition coefficient (Wildman–Crippen LogP) is 3.72. The summed E-state index contributed by atoms with van der Waals surface area (Å²) in [5.41, 5.74) is 1.77. The number of ether oxygens (including phenoxy) is 2. The predicted molar refractivity (Wildman–Crippen MR) is 98.5 cm³/mol. The van der Waals surface area contributed by atoms with Crippen LogP contribution >= 0.6 is 23.4 Å². The fraction of sp³-hybridized carbons (Fsp3) is 0.278. The Morgan fingerprint density at radius 3 is 2.84 bits per heavy atom. The van der Waals surface area contributed by atoms with Gasteiger partial charge in [0.15, 0.2) is 0 Å². The second-order valence-corrected chi connectivity index (χ2v) is 7.10. The van der Waals surface area contributed by atoms with Crippen LogP contribution in [0.15, 0.2) is 42.5 Å². The van der Waals surface area contributed by atoms with Crippen molar-refractivity contribution < 1.29 is 19.4 Å². The van der Waals surface area contributed by atoms with Gasteiger partial charge in [0.25, 0.3) is 0 Å². The van der Waals surface area contributed by atoms with Gasteiger partial charge in [-0.2, -0.15) is 0 Å². The second-order valence-electron chi connectivity index (χ2n) is 5.55. The first-order valence-electron chi connectivity index (χ1n) is 7.73. The highest BCUT2D eigenvalue weighted by atomic mass is 35.5. The number of hydrogen-bond acceptors (Lipinski definition) is 5. The molecule has 5 nitrogen and oxygen atoms in total. The Bertz CT molecular complexity index is 770. The molecule has 1 saturated heterocycles. The molecule has 1 aliphatic heterocycles. The Hall–Kier alpha value is -1.89. The molecule has 2 aromatic carbocycles. The van der Waals surface area contributed by atoms with Gasteiger partial charge in [0.05, 0.1) is 12.5 Å². The third kappa shape index (κ3) is 4.21. The van der Waals surface area contributed by atoms with Crippen molar-refractivity contribution in [1.82, 2.24) is 5.32 Å². The van der Waals surface area contributed by atoms with Crippen LogP contribution < -0.4 is 14.8 Å². The van der Waals surface area contributed by atoms with Crippen LogP contribution in [0.25, 0.3) is 0 Å². The van der Waals surface area contributed by atoms with Crippen LogP contribution in [0.5, 0.6) is 11.5 Å². The maximum atomic E-state index is 11.2. The first kappa shape index (κ1) is 17.9. The van der Waals surface area contributed by atoms with Crippen molar-refractivity contribution in [2.75, 3.05) is 12.9 Å². The highest BCUT2D eigenvalue weighted by Crippen LogP contribution is 2.39. The molecule has 0 amide bonds. The quantitative estimate of drug-likeness (QED) is 0.797. The Morgan fingerprint density at radius 1 is 1.36 bits per heavy atom. The number of benzene rings is 2. The lowest BCUT2D eigenvalue weighted by Crippen LogP contribution is -2.33. The molecule has 2 N–H and O–H groups in total. The molecule has 2 atom stereocenters. The number of thioether (sulfide) groups is 1. The van der Waals surface area contributed by atoms with Crippen LogP contribution in [0.4, 0.5) is 0 Å². The minimum absolute atomic E-state index is 0.145. The molecule has 3 rings (SSSR count). The van der Waals surface area contributed by atoms with E-state index >= 15 is 0 Å². The number of carboxylic acids is 1. The summed E-state index contributed by atoms with van der Waals surface area (Å²) in [6.45, 7) is 0.319. The zero-order chi connectivity index (χ0) is 17.8. The summed E-state index contributed by atoms with van der Waals surface area (Å²) in [6.07, 6.45) is 0. The Morgan fingerprint density at radius 2 is 2.16 bits per heavy atom. The normalized spacial score (nSPS) is 19.6. The second kappa shape index (κ2) is 7.99. The van der Waals surface area contributed by atoms with E-state index in [1.165, 1.54) is 0 Å². The van der Waals surface area contributed by atoms with Crippen molar-refractivity contribution in [1.29, 1.82) is 0 Å². The van der Waals surface area contributed by atoms with Crippen molar-refractivity contribution in [2.45, 2.75) is 18.0 Å². The molecule has 0 aliphatic carbocycles. The zero-order valence-electron chi connectivity index (χ0n) is 13.6. The zero-order valence-corrected chi connectivity index (χ0v) is 15.1. The summed E-state index contributed by atoms with van der Waals surface area (Å²) < 4.78 is 11.3. The SMILES string of the molecule is COc1ccc(C2NC(C(=O)O)CS2)c(OCc2ccccc2Cl)c1.